The van der Waals surface area contributed by atoms with Crippen LogP contribution >= 0.6 is 0 Å². The minimum absolute atomic E-state index is 0.181. The van der Waals surface area contributed by atoms with Crippen LogP contribution in [0.5, 0.6) is 0 Å². The lowest BCUT2D eigenvalue weighted by Gasteiger charge is -2.25. The Morgan fingerprint density at radius 2 is 1.02 bits per heavy atom. The molecule has 0 saturated heterocycles. The van der Waals surface area contributed by atoms with Crippen molar-refractivity contribution in [3.8, 4) is 0 Å². The molecule has 0 aromatic carbocycles. The number of hydrogen-bond donors (Lipinski definition) is 1. The summed E-state index contributed by atoms with van der Waals surface area (Å²) in [5.74, 6) is -2.04. The molecule has 0 aromatic heterocycles. The highest BCUT2D eigenvalue weighted by Crippen LogP contribution is 2.13. The van der Waals surface area contributed by atoms with E-state index in [-0.39, 0.29) is 38.6 Å². The summed E-state index contributed by atoms with van der Waals surface area (Å²) in [7, 11) is 5.94. The molecule has 0 aliphatic carbocycles. The van der Waals surface area contributed by atoms with Crippen molar-refractivity contribution >= 4 is 17.9 Å². The van der Waals surface area contributed by atoms with Gasteiger partial charge in [-0.05, 0) is 70.6 Å². The number of ether oxygens (including phenoxy) is 4. The number of carbonyl (C=O) groups excluding carboxylic acids is 2. The Morgan fingerprint density at radius 3 is 1.54 bits per heavy atom. The van der Waals surface area contributed by atoms with Crippen LogP contribution in [-0.4, -0.2) is 87.4 Å². The van der Waals surface area contributed by atoms with Gasteiger partial charge in [-0.15, -0.1) is 0 Å². The monoisotopic (exact) mass is 791 g/mol. The van der Waals surface area contributed by atoms with Gasteiger partial charge in [0.25, 0.3) is 6.29 Å². The van der Waals surface area contributed by atoms with E-state index in [1.807, 2.05) is 21.1 Å². The second kappa shape index (κ2) is 39.1. The summed E-state index contributed by atoms with van der Waals surface area (Å²) in [6.45, 7) is 4.71. The Labute approximate surface area is 342 Å². The number of quaternary nitrogens is 1. The van der Waals surface area contributed by atoms with Gasteiger partial charge in [-0.25, -0.2) is 4.79 Å². The number of rotatable bonds is 40. The predicted molar refractivity (Wildman–Crippen MR) is 230 cm³/mol. The van der Waals surface area contributed by atoms with Crippen molar-refractivity contribution in [3.05, 3.63) is 48.6 Å². The highest BCUT2D eigenvalue weighted by atomic mass is 16.7. The molecular weight excluding hydrogens is 707 g/mol. The molecule has 0 heterocycles. The molecule has 0 rings (SSSR count). The van der Waals surface area contributed by atoms with E-state index in [4.69, 9.17) is 18.9 Å². The Kier molecular flexibility index (Phi) is 37.2. The fourth-order valence-corrected chi connectivity index (χ4v) is 5.84. The lowest BCUT2D eigenvalue weighted by atomic mass is 10.1. The zero-order chi connectivity index (χ0) is 41.4. The van der Waals surface area contributed by atoms with Crippen LogP contribution in [0.2, 0.25) is 0 Å². The standard InChI is InChI=1S/C47H83NO8/c1-6-8-10-12-14-16-18-20-22-24-25-27-29-31-33-35-37-44(49)54-41-43(42-55-47(46(51)52)53-40-39-48(3,4)5)56-45(50)38-36-34-32-30-28-26-23-21-19-17-15-13-11-9-7-2/h9,11,15,17,21-24,43,47H,6-8,10,12-14,16,18-20,25-42H2,1-5H3/p+1/b11-9-,17-15-,23-21-,24-22-. The van der Waals surface area contributed by atoms with Crippen molar-refractivity contribution in [3.63, 3.8) is 0 Å². The molecule has 56 heavy (non-hydrogen) atoms. The molecule has 1 N–H and O–H groups in total. The summed E-state index contributed by atoms with van der Waals surface area (Å²) < 4.78 is 22.7. The first-order valence-electron chi connectivity index (χ1n) is 22.3. The van der Waals surface area contributed by atoms with Crippen LogP contribution < -0.4 is 0 Å². The van der Waals surface area contributed by atoms with E-state index in [9.17, 15) is 19.5 Å². The second-order valence-corrected chi connectivity index (χ2v) is 16.0. The maximum atomic E-state index is 12.7. The van der Waals surface area contributed by atoms with Crippen molar-refractivity contribution in [1.29, 1.82) is 0 Å². The first kappa shape index (κ1) is 53.2. The van der Waals surface area contributed by atoms with Gasteiger partial charge in [0.1, 0.15) is 13.2 Å². The molecule has 9 heteroatoms. The summed E-state index contributed by atoms with van der Waals surface area (Å²) in [5, 5.41) is 9.63. The van der Waals surface area contributed by atoms with Gasteiger partial charge in [0.05, 0.1) is 34.4 Å². The normalized spacial score (nSPS) is 13.4. The summed E-state index contributed by atoms with van der Waals surface area (Å²) in [6.07, 6.45) is 41.7. The number of carboxylic acid groups (broad SMARTS) is 1. The smallest absolute Gasteiger partial charge is 0.361 e. The average molecular weight is 791 g/mol. The molecule has 0 amide bonds. The van der Waals surface area contributed by atoms with E-state index in [0.717, 1.165) is 89.9 Å². The first-order chi connectivity index (χ1) is 27.1. The summed E-state index contributed by atoms with van der Waals surface area (Å²) in [4.78, 5) is 37.1. The number of esters is 2. The van der Waals surface area contributed by atoms with Crippen LogP contribution in [-0.2, 0) is 33.3 Å². The van der Waals surface area contributed by atoms with Crippen LogP contribution in [0.25, 0.3) is 0 Å². The van der Waals surface area contributed by atoms with Crippen LogP contribution in [0.4, 0.5) is 0 Å². The molecular formula is C47H84NO8+. The number of nitrogens with zero attached hydrogens (tertiary/aromatic N) is 1. The van der Waals surface area contributed by atoms with Gasteiger partial charge in [-0.2, -0.15) is 0 Å². The maximum absolute atomic E-state index is 12.7. The van der Waals surface area contributed by atoms with E-state index in [0.29, 0.717) is 17.4 Å². The quantitative estimate of drug-likeness (QED) is 0.0215. The highest BCUT2D eigenvalue weighted by Gasteiger charge is 2.25. The van der Waals surface area contributed by atoms with Crippen LogP contribution in [0.3, 0.4) is 0 Å². The number of hydrogen-bond acceptors (Lipinski definition) is 7. The van der Waals surface area contributed by atoms with Gasteiger partial charge in [0.2, 0.25) is 0 Å². The van der Waals surface area contributed by atoms with Gasteiger partial charge < -0.3 is 28.5 Å². The first-order valence-corrected chi connectivity index (χ1v) is 22.3. The SMILES string of the molecule is CC/C=C\C/C=C\C/C=C\CCCCCCCC(=O)OC(COC(=O)CCCCCCC/C=C\CCCCCCCCC)COC(OCC[N+](C)(C)C)C(=O)O. The molecule has 2 unspecified atom stereocenters. The zero-order valence-electron chi connectivity index (χ0n) is 36.5. The Balaban J connectivity index is 4.49. The lowest BCUT2D eigenvalue weighted by molar-refractivity contribution is -0.870. The zero-order valence-corrected chi connectivity index (χ0v) is 36.5. The van der Waals surface area contributed by atoms with E-state index >= 15 is 0 Å². The average Bonchev–Trinajstić information content (AvgIpc) is 3.15. The topological polar surface area (TPSA) is 108 Å². The molecule has 324 valence electrons. The van der Waals surface area contributed by atoms with Crippen molar-refractivity contribution in [2.24, 2.45) is 0 Å². The van der Waals surface area contributed by atoms with Crippen molar-refractivity contribution in [1.82, 2.24) is 0 Å². The maximum Gasteiger partial charge on any atom is 0.361 e. The van der Waals surface area contributed by atoms with E-state index in [1.54, 1.807) is 0 Å². The molecule has 0 saturated carbocycles. The number of aliphatic carboxylic acids is 1. The number of likely N-dealkylation sites (N-methyl/N-ethyl adjacent to an activating group) is 1. The van der Waals surface area contributed by atoms with Gasteiger partial charge in [-0.1, -0.05) is 140 Å². The van der Waals surface area contributed by atoms with E-state index in [2.05, 4.69) is 62.5 Å². The number of allylic oxidation sites excluding steroid dienone is 8. The van der Waals surface area contributed by atoms with E-state index < -0.39 is 24.3 Å². The third-order valence-electron chi connectivity index (χ3n) is 9.32. The van der Waals surface area contributed by atoms with Crippen LogP contribution in [0.1, 0.15) is 174 Å². The van der Waals surface area contributed by atoms with Gasteiger partial charge in [0, 0.05) is 12.8 Å². The van der Waals surface area contributed by atoms with E-state index in [1.165, 1.54) is 51.4 Å². The summed E-state index contributed by atoms with van der Waals surface area (Å²) >= 11 is 0. The molecule has 0 fully saturated rings. The minimum atomic E-state index is -1.52. The Morgan fingerprint density at radius 1 is 0.554 bits per heavy atom. The number of carbonyl (C=O) groups is 3. The summed E-state index contributed by atoms with van der Waals surface area (Å²) in [6, 6.07) is 0. The lowest BCUT2D eigenvalue weighted by Crippen LogP contribution is -2.40. The fourth-order valence-electron chi connectivity index (χ4n) is 5.84. The number of unbranched alkanes of at least 4 members (excludes halogenated alkanes) is 17. The third-order valence-corrected chi connectivity index (χ3v) is 9.32. The van der Waals surface area contributed by atoms with Crippen molar-refractivity contribution in [2.75, 3.05) is 47.5 Å². The van der Waals surface area contributed by atoms with Gasteiger partial charge in [-0.3, -0.25) is 9.59 Å². The van der Waals surface area contributed by atoms with Gasteiger partial charge >= 0.3 is 17.9 Å². The van der Waals surface area contributed by atoms with Crippen molar-refractivity contribution in [2.45, 2.75) is 187 Å². The van der Waals surface area contributed by atoms with Crippen LogP contribution in [0.15, 0.2) is 48.6 Å². The fraction of sp³-hybridized carbons (Fsp3) is 0.766. The second-order valence-electron chi connectivity index (χ2n) is 16.0. The highest BCUT2D eigenvalue weighted by molar-refractivity contribution is 5.71. The Bertz CT molecular complexity index is 1060. The summed E-state index contributed by atoms with van der Waals surface area (Å²) in [5.41, 5.74) is 0. The molecule has 0 aromatic rings. The number of carboxylic acids is 1. The Hall–Kier alpha value is -2.75. The third kappa shape index (κ3) is 39.5. The predicted octanol–water partition coefficient (Wildman–Crippen LogP) is 11.6. The van der Waals surface area contributed by atoms with Crippen LogP contribution in [0, 0.1) is 0 Å². The molecule has 2 atom stereocenters. The molecule has 0 aliphatic heterocycles. The molecule has 0 radical (unpaired) electrons. The van der Waals surface area contributed by atoms with Crippen molar-refractivity contribution < 1.29 is 42.9 Å². The minimum Gasteiger partial charge on any atom is -0.477 e. The molecule has 0 bridgehead atoms. The molecule has 9 nitrogen and oxygen atoms in total. The molecule has 0 spiro atoms. The van der Waals surface area contributed by atoms with Gasteiger partial charge in [0.15, 0.2) is 6.10 Å². The molecule has 0 aliphatic rings. The largest absolute Gasteiger partial charge is 0.477 e.